The molecule has 0 saturated heterocycles. The number of aromatic hydroxyl groups is 2. The molecule has 0 atom stereocenters. The van der Waals surface area contributed by atoms with Gasteiger partial charge in [0.15, 0.2) is 0 Å². The van der Waals surface area contributed by atoms with Crippen molar-refractivity contribution in [3.05, 3.63) is 151 Å². The van der Waals surface area contributed by atoms with E-state index in [0.717, 1.165) is 42.5 Å². The number of anilines is 2. The zero-order valence-corrected chi connectivity index (χ0v) is 53.7. The maximum atomic E-state index is 12.6. The molecule has 78 heavy (non-hydrogen) atoms. The van der Waals surface area contributed by atoms with Gasteiger partial charge in [0.2, 0.25) is 0 Å². The topological polar surface area (TPSA) is 403 Å². The Hall–Kier alpha value is -4.25. The number of carbonyl (C=O) groups excluding carboxylic acids is 2. The number of benzene rings is 8. The van der Waals surface area contributed by atoms with Gasteiger partial charge < -0.3 is 49.0 Å². The monoisotopic (exact) mass is 1160 g/mol. The van der Waals surface area contributed by atoms with Crippen molar-refractivity contribution in [3.8, 4) is 11.5 Å². The van der Waals surface area contributed by atoms with Crippen LogP contribution in [-0.4, -0.2) is 61.1 Å². The molecule has 368 valence electrons. The predicted molar refractivity (Wildman–Crippen MR) is 250 cm³/mol. The van der Waals surface area contributed by atoms with Crippen LogP contribution >= 0.6 is 0 Å². The number of nitrogens with zero attached hydrogens (tertiary/aromatic N) is 8. The van der Waals surface area contributed by atoms with Crippen molar-refractivity contribution in [2.24, 2.45) is 40.9 Å². The summed E-state index contributed by atoms with van der Waals surface area (Å²) in [6.07, 6.45) is 0. The fourth-order valence-corrected chi connectivity index (χ4v) is 8.91. The third-order valence-electron chi connectivity index (χ3n) is 10.3. The molecule has 3 N–H and O–H groups in total. The van der Waals surface area contributed by atoms with E-state index in [1.165, 1.54) is 91.0 Å². The minimum atomic E-state index is -5.32. The van der Waals surface area contributed by atoms with Crippen molar-refractivity contribution in [1.82, 2.24) is 0 Å². The van der Waals surface area contributed by atoms with Crippen molar-refractivity contribution >= 4 is 121 Å². The first-order valence-electron chi connectivity index (χ1n) is 20.3. The van der Waals surface area contributed by atoms with Crippen LogP contribution in [-0.2, 0) is 30.4 Å². The standard InChI is InChI=1S/C46H31N9O15S3.5Na/c56-38-17-14-26(19-33(38)45(58)59)49-52-36-22-41(72(65,66)67)43(31-7-3-1-5-29(31)36)54-48-25-11-9-24(10-12-25)47-35-16-13-28(21-40(35)71(62,63)64)50-53-37-23-42(73(68,69)70)44(32-8-4-2-6-30(32)37)55-51-27-15-18-39(57)34(20-27)46(60)61;;;;;/h1-23,47,56-57H,(H,58,59)(H,60,61)(H,62,63,64)(H,65,66,67)(H,68,69,70);;;;;/q;5*+1/p-5. The van der Waals surface area contributed by atoms with E-state index in [-0.39, 0.29) is 221 Å². The van der Waals surface area contributed by atoms with Gasteiger partial charge in [0.1, 0.15) is 53.2 Å². The number of rotatable bonds is 15. The van der Waals surface area contributed by atoms with Crippen molar-refractivity contribution in [2.45, 2.75) is 14.7 Å². The van der Waals surface area contributed by atoms with Crippen LogP contribution in [0.4, 0.5) is 56.9 Å². The third-order valence-corrected chi connectivity index (χ3v) is 12.9. The van der Waals surface area contributed by atoms with E-state index < -0.39 is 85.3 Å². The van der Waals surface area contributed by atoms with Crippen molar-refractivity contribution in [3.63, 3.8) is 0 Å². The van der Waals surface area contributed by atoms with Crippen molar-refractivity contribution in [1.29, 1.82) is 0 Å². The molecule has 0 amide bonds. The van der Waals surface area contributed by atoms with Crippen LogP contribution in [0, 0.1) is 0 Å². The summed E-state index contributed by atoms with van der Waals surface area (Å²) >= 11 is 0. The minimum absolute atomic E-state index is 0. The second-order valence-electron chi connectivity index (χ2n) is 15.1. The molecule has 0 aliphatic carbocycles. The average molecular weight is 1160 g/mol. The van der Waals surface area contributed by atoms with E-state index in [9.17, 15) is 68.9 Å². The third kappa shape index (κ3) is 16.2. The zero-order valence-electron chi connectivity index (χ0n) is 41.3. The van der Waals surface area contributed by atoms with Crippen molar-refractivity contribution in [2.75, 3.05) is 5.32 Å². The Morgan fingerprint density at radius 3 is 1.14 bits per heavy atom. The van der Waals surface area contributed by atoms with Gasteiger partial charge in [-0.2, -0.15) is 20.5 Å². The van der Waals surface area contributed by atoms with E-state index in [1.54, 1.807) is 6.07 Å². The van der Waals surface area contributed by atoms with Crippen LogP contribution in [0.25, 0.3) is 21.5 Å². The SMILES string of the molecule is O=C([O-])c1cc(N=Nc2cc(S(=O)(=O)[O-])c(N=Nc3ccc(Nc4ccc(N=Nc5cc(S(=O)(=O)[O-])c(N=Nc6ccc(O)c(C(=O)[O-])c6)c6ccccc56)cc4S(=O)(=O)[O-])cc3)c3ccccc23)ccc1O.[Na+].[Na+].[Na+].[Na+].[Na+]. The minimum Gasteiger partial charge on any atom is -0.744 e. The number of carbonyl (C=O) groups is 2. The number of carboxylic acid groups (broad SMARTS) is 2. The Morgan fingerprint density at radius 1 is 0.397 bits per heavy atom. The van der Waals surface area contributed by atoms with Gasteiger partial charge in [0.05, 0.1) is 66.4 Å². The smallest absolute Gasteiger partial charge is 0.744 e. The van der Waals surface area contributed by atoms with Crippen LogP contribution < -0.4 is 163 Å². The second kappa shape index (κ2) is 28.4. The molecule has 0 unspecified atom stereocenters. The number of fused-ring (bicyclic) bond motifs is 2. The Balaban J connectivity index is 0.00000320. The number of nitrogens with one attached hydrogen (secondary N) is 1. The van der Waals surface area contributed by atoms with Gasteiger partial charge in [-0.25, -0.2) is 25.3 Å². The fraction of sp³-hybridized carbons (Fsp3) is 0. The molecule has 0 aliphatic rings. The molecule has 0 radical (unpaired) electrons. The van der Waals surface area contributed by atoms with Crippen LogP contribution in [0.2, 0.25) is 0 Å². The molecule has 0 bridgehead atoms. The van der Waals surface area contributed by atoms with Gasteiger partial charge >= 0.3 is 148 Å². The molecule has 0 fully saturated rings. The first kappa shape index (κ1) is 68.0. The van der Waals surface area contributed by atoms with Gasteiger partial charge in [-0.05, 0) is 91.0 Å². The second-order valence-corrected chi connectivity index (χ2v) is 19.1. The maximum absolute atomic E-state index is 12.6. The van der Waals surface area contributed by atoms with E-state index in [1.807, 2.05) is 0 Å². The number of carboxylic acids is 2. The number of hydrogen-bond donors (Lipinski definition) is 3. The molecule has 8 aromatic carbocycles. The zero-order chi connectivity index (χ0) is 52.4. The largest absolute Gasteiger partial charge is 1.00 e. The molecule has 0 saturated carbocycles. The summed E-state index contributed by atoms with van der Waals surface area (Å²) in [5, 5.41) is 77.7. The number of aromatic carboxylic acids is 2. The molecule has 24 nitrogen and oxygen atoms in total. The Morgan fingerprint density at radius 2 is 0.744 bits per heavy atom. The quantitative estimate of drug-likeness (QED) is 0.0488. The molecule has 0 aliphatic heterocycles. The Labute approximate surface area is 553 Å². The van der Waals surface area contributed by atoms with E-state index in [2.05, 4.69) is 46.2 Å². The average Bonchev–Trinajstić information content (AvgIpc) is 3.34. The Kier molecular flexibility index (Phi) is 24.8. The summed E-state index contributed by atoms with van der Waals surface area (Å²) in [5.74, 6) is -4.63. The Bertz CT molecular complexity index is 4100. The van der Waals surface area contributed by atoms with Gasteiger partial charge in [-0.3, -0.25) is 0 Å². The maximum Gasteiger partial charge on any atom is 1.00 e. The van der Waals surface area contributed by atoms with Gasteiger partial charge in [0.25, 0.3) is 0 Å². The van der Waals surface area contributed by atoms with Gasteiger partial charge in [-0.15, -0.1) is 20.5 Å². The summed E-state index contributed by atoms with van der Waals surface area (Å²) in [7, 11) is -15.8. The number of phenols is 2. The first-order valence-corrected chi connectivity index (χ1v) is 24.5. The summed E-state index contributed by atoms with van der Waals surface area (Å²) in [6, 6.07) is 28.9. The molecule has 8 aromatic rings. The van der Waals surface area contributed by atoms with Gasteiger partial charge in [-0.1, -0.05) is 48.5 Å². The summed E-state index contributed by atoms with van der Waals surface area (Å²) < 4.78 is 113. The molecule has 0 heterocycles. The van der Waals surface area contributed by atoms with E-state index >= 15 is 0 Å². The summed E-state index contributed by atoms with van der Waals surface area (Å²) in [5.41, 5.74) is -2.65. The fourth-order valence-electron chi connectivity index (χ4n) is 6.97. The molecule has 8 rings (SSSR count). The summed E-state index contributed by atoms with van der Waals surface area (Å²) in [4.78, 5) is 20.2. The van der Waals surface area contributed by atoms with Crippen LogP contribution in [0.15, 0.2) is 195 Å². The van der Waals surface area contributed by atoms with Crippen LogP contribution in [0.5, 0.6) is 11.5 Å². The normalized spacial score (nSPS) is 11.7. The molecular formula is C46H26N9Na5O15S3. The molecule has 0 aromatic heterocycles. The first-order chi connectivity index (χ1) is 34.5. The summed E-state index contributed by atoms with van der Waals surface area (Å²) in [6.45, 7) is 0. The van der Waals surface area contributed by atoms with E-state index in [0.29, 0.717) is 0 Å². The van der Waals surface area contributed by atoms with Crippen molar-refractivity contribution < 1.29 is 217 Å². The van der Waals surface area contributed by atoms with Gasteiger partial charge in [0, 0.05) is 38.4 Å². The molecule has 32 heteroatoms. The van der Waals surface area contributed by atoms with E-state index in [4.69, 9.17) is 0 Å². The van der Waals surface area contributed by atoms with Crippen LogP contribution in [0.3, 0.4) is 0 Å². The predicted octanol–water partition coefficient (Wildman–Crippen LogP) is -6.73. The molecular weight excluding hydrogens is 1130 g/mol. The number of hydrogen-bond acceptors (Lipinski definition) is 24. The molecule has 0 spiro atoms. The number of azo groups is 4. The van der Waals surface area contributed by atoms with Crippen LogP contribution in [0.1, 0.15) is 20.7 Å².